The van der Waals surface area contributed by atoms with E-state index in [1.807, 2.05) is 12.1 Å². The predicted octanol–water partition coefficient (Wildman–Crippen LogP) is 3.05. The highest BCUT2D eigenvalue weighted by Gasteiger charge is 2.11. The van der Waals surface area contributed by atoms with Gasteiger partial charge < -0.3 is 9.73 Å². The van der Waals surface area contributed by atoms with Gasteiger partial charge in [0.05, 0.1) is 12.3 Å². The molecule has 0 aromatic carbocycles. The van der Waals surface area contributed by atoms with Crippen LogP contribution in [0.4, 0.5) is 0 Å². The van der Waals surface area contributed by atoms with E-state index in [9.17, 15) is 0 Å². The van der Waals surface area contributed by atoms with Crippen LogP contribution in [-0.2, 0) is 0 Å². The summed E-state index contributed by atoms with van der Waals surface area (Å²) in [5.74, 6) is 1.01. The van der Waals surface area contributed by atoms with Crippen LogP contribution in [0.5, 0.6) is 0 Å². The Hall–Kier alpha value is -0.800. The SMILES string of the molecule is CCC(C)N(CC)CCNC(C)c1ccco1. The summed E-state index contributed by atoms with van der Waals surface area (Å²) in [6, 6.07) is 4.91. The van der Waals surface area contributed by atoms with Crippen molar-refractivity contribution in [3.05, 3.63) is 24.2 Å². The first-order chi connectivity index (χ1) is 8.19. The normalized spacial score (nSPS) is 15.1. The van der Waals surface area contributed by atoms with Gasteiger partial charge in [-0.3, -0.25) is 4.90 Å². The maximum Gasteiger partial charge on any atom is 0.120 e. The summed E-state index contributed by atoms with van der Waals surface area (Å²) in [7, 11) is 0. The number of likely N-dealkylation sites (N-methyl/N-ethyl adjacent to an activating group) is 1. The van der Waals surface area contributed by atoms with E-state index in [0.717, 1.165) is 25.4 Å². The summed E-state index contributed by atoms with van der Waals surface area (Å²) in [5.41, 5.74) is 0. The molecular formula is C14H26N2O. The molecule has 0 radical (unpaired) electrons. The van der Waals surface area contributed by atoms with Gasteiger partial charge in [-0.25, -0.2) is 0 Å². The van der Waals surface area contributed by atoms with Crippen LogP contribution in [-0.4, -0.2) is 30.6 Å². The van der Waals surface area contributed by atoms with E-state index in [1.54, 1.807) is 6.26 Å². The highest BCUT2D eigenvalue weighted by atomic mass is 16.3. The zero-order valence-corrected chi connectivity index (χ0v) is 11.6. The van der Waals surface area contributed by atoms with E-state index in [4.69, 9.17) is 4.42 Å². The first-order valence-electron chi connectivity index (χ1n) is 6.69. The Bertz CT molecular complexity index is 284. The minimum atomic E-state index is 0.292. The molecule has 3 heteroatoms. The van der Waals surface area contributed by atoms with Gasteiger partial charge >= 0.3 is 0 Å². The quantitative estimate of drug-likeness (QED) is 0.754. The van der Waals surface area contributed by atoms with E-state index < -0.39 is 0 Å². The Balaban J connectivity index is 2.26. The van der Waals surface area contributed by atoms with Crippen molar-refractivity contribution in [3.8, 4) is 0 Å². The average molecular weight is 238 g/mol. The van der Waals surface area contributed by atoms with Crippen LogP contribution in [0, 0.1) is 0 Å². The fourth-order valence-electron chi connectivity index (χ4n) is 2.01. The molecule has 2 unspecified atom stereocenters. The smallest absolute Gasteiger partial charge is 0.120 e. The van der Waals surface area contributed by atoms with E-state index in [0.29, 0.717) is 12.1 Å². The number of hydrogen-bond acceptors (Lipinski definition) is 3. The largest absolute Gasteiger partial charge is 0.468 e. The monoisotopic (exact) mass is 238 g/mol. The third kappa shape index (κ3) is 4.52. The summed E-state index contributed by atoms with van der Waals surface area (Å²) in [6.45, 7) is 12.1. The second kappa shape index (κ2) is 7.51. The molecule has 0 bridgehead atoms. The summed E-state index contributed by atoms with van der Waals surface area (Å²) in [6.07, 6.45) is 2.94. The van der Waals surface area contributed by atoms with Crippen LogP contribution in [0.25, 0.3) is 0 Å². The molecule has 0 fully saturated rings. The van der Waals surface area contributed by atoms with Crippen LogP contribution < -0.4 is 5.32 Å². The van der Waals surface area contributed by atoms with Crippen molar-refractivity contribution in [2.45, 2.75) is 46.2 Å². The Morgan fingerprint density at radius 3 is 2.65 bits per heavy atom. The molecule has 0 aliphatic heterocycles. The maximum absolute atomic E-state index is 5.37. The van der Waals surface area contributed by atoms with Crippen LogP contribution in [0.1, 0.15) is 45.9 Å². The minimum Gasteiger partial charge on any atom is -0.468 e. The zero-order chi connectivity index (χ0) is 12.7. The fraction of sp³-hybridized carbons (Fsp3) is 0.714. The van der Waals surface area contributed by atoms with E-state index in [1.165, 1.54) is 6.42 Å². The van der Waals surface area contributed by atoms with Gasteiger partial charge in [-0.05, 0) is 38.9 Å². The molecule has 1 N–H and O–H groups in total. The molecule has 0 spiro atoms. The van der Waals surface area contributed by atoms with Gasteiger partial charge in [-0.2, -0.15) is 0 Å². The molecule has 1 heterocycles. The second-order valence-corrected chi connectivity index (χ2v) is 4.58. The second-order valence-electron chi connectivity index (χ2n) is 4.58. The number of rotatable bonds is 8. The van der Waals surface area contributed by atoms with Crippen LogP contribution in [0.15, 0.2) is 22.8 Å². The van der Waals surface area contributed by atoms with Gasteiger partial charge in [-0.15, -0.1) is 0 Å². The molecule has 0 saturated heterocycles. The Morgan fingerprint density at radius 1 is 1.35 bits per heavy atom. The Labute approximate surface area is 105 Å². The van der Waals surface area contributed by atoms with Gasteiger partial charge in [-0.1, -0.05) is 13.8 Å². The summed E-state index contributed by atoms with van der Waals surface area (Å²) >= 11 is 0. The summed E-state index contributed by atoms with van der Waals surface area (Å²) in [4.78, 5) is 2.50. The van der Waals surface area contributed by atoms with Crippen molar-refractivity contribution < 1.29 is 4.42 Å². The Kier molecular flexibility index (Phi) is 6.30. The van der Waals surface area contributed by atoms with Gasteiger partial charge in [0.25, 0.3) is 0 Å². The number of hydrogen-bond donors (Lipinski definition) is 1. The van der Waals surface area contributed by atoms with E-state index in [-0.39, 0.29) is 0 Å². The highest BCUT2D eigenvalue weighted by Crippen LogP contribution is 2.11. The molecule has 0 amide bonds. The van der Waals surface area contributed by atoms with Crippen molar-refractivity contribution in [2.24, 2.45) is 0 Å². The third-order valence-electron chi connectivity index (χ3n) is 3.44. The van der Waals surface area contributed by atoms with E-state index in [2.05, 4.69) is 37.9 Å². The number of nitrogens with zero attached hydrogens (tertiary/aromatic N) is 1. The first kappa shape index (κ1) is 14.3. The molecule has 2 atom stereocenters. The minimum absolute atomic E-state index is 0.292. The number of nitrogens with one attached hydrogen (secondary N) is 1. The lowest BCUT2D eigenvalue weighted by molar-refractivity contribution is 0.212. The molecule has 3 nitrogen and oxygen atoms in total. The molecule has 17 heavy (non-hydrogen) atoms. The van der Waals surface area contributed by atoms with Crippen molar-refractivity contribution in [1.29, 1.82) is 0 Å². The predicted molar refractivity (Wildman–Crippen MR) is 72.1 cm³/mol. The molecular weight excluding hydrogens is 212 g/mol. The third-order valence-corrected chi connectivity index (χ3v) is 3.44. The first-order valence-corrected chi connectivity index (χ1v) is 6.69. The van der Waals surface area contributed by atoms with Crippen LogP contribution in [0.2, 0.25) is 0 Å². The average Bonchev–Trinajstić information content (AvgIpc) is 2.87. The Morgan fingerprint density at radius 2 is 2.12 bits per heavy atom. The molecule has 1 aromatic rings. The molecule has 0 aliphatic rings. The topological polar surface area (TPSA) is 28.4 Å². The maximum atomic E-state index is 5.37. The van der Waals surface area contributed by atoms with Gasteiger partial charge in [0.15, 0.2) is 0 Å². The molecule has 98 valence electrons. The molecule has 0 aliphatic carbocycles. The van der Waals surface area contributed by atoms with E-state index >= 15 is 0 Å². The lowest BCUT2D eigenvalue weighted by atomic mass is 10.2. The van der Waals surface area contributed by atoms with Crippen molar-refractivity contribution in [1.82, 2.24) is 10.2 Å². The lowest BCUT2D eigenvalue weighted by Gasteiger charge is -2.27. The highest BCUT2D eigenvalue weighted by molar-refractivity contribution is 5.02. The van der Waals surface area contributed by atoms with Crippen molar-refractivity contribution in [2.75, 3.05) is 19.6 Å². The van der Waals surface area contributed by atoms with Crippen LogP contribution in [0.3, 0.4) is 0 Å². The zero-order valence-electron chi connectivity index (χ0n) is 11.6. The van der Waals surface area contributed by atoms with Crippen LogP contribution >= 0.6 is 0 Å². The molecule has 1 rings (SSSR count). The molecule has 0 saturated carbocycles. The van der Waals surface area contributed by atoms with Crippen molar-refractivity contribution >= 4 is 0 Å². The van der Waals surface area contributed by atoms with Gasteiger partial charge in [0, 0.05) is 19.1 Å². The summed E-state index contributed by atoms with van der Waals surface area (Å²) in [5, 5.41) is 3.49. The number of furan rings is 1. The van der Waals surface area contributed by atoms with Gasteiger partial charge in [0.1, 0.15) is 5.76 Å². The van der Waals surface area contributed by atoms with Crippen molar-refractivity contribution in [3.63, 3.8) is 0 Å². The molecule has 1 aromatic heterocycles. The lowest BCUT2D eigenvalue weighted by Crippen LogP contribution is -2.38. The fourth-order valence-corrected chi connectivity index (χ4v) is 2.01. The van der Waals surface area contributed by atoms with Gasteiger partial charge in [0.2, 0.25) is 0 Å². The standard InChI is InChI=1S/C14H26N2O/c1-5-12(3)16(6-2)10-9-15-13(4)14-8-7-11-17-14/h7-8,11-13,15H,5-6,9-10H2,1-4H3. The summed E-state index contributed by atoms with van der Waals surface area (Å²) < 4.78 is 5.37.